The van der Waals surface area contributed by atoms with Crippen LogP contribution >= 0.6 is 0 Å². The van der Waals surface area contributed by atoms with Crippen molar-refractivity contribution in [1.29, 1.82) is 0 Å². The Morgan fingerprint density at radius 1 is 1.10 bits per heavy atom. The first-order valence-corrected chi connectivity index (χ1v) is 11.0. The molecule has 0 radical (unpaired) electrons. The van der Waals surface area contributed by atoms with Crippen molar-refractivity contribution < 1.29 is 13.2 Å². The Labute approximate surface area is 172 Å². The van der Waals surface area contributed by atoms with E-state index in [4.69, 9.17) is 6.42 Å². The standard InChI is InChI=1S/C22H25N3O3S/c1-4-17-9-8-10-18(15-17)23-22(26)20-16-19(29(27,28)24(2)3)11-12-21(20)25-13-6-5-7-14-25/h1,8-12,15-16H,5-7,13-14H2,2-3H3,(H,23,26). The number of carbonyl (C=O) groups is 1. The van der Waals surface area contributed by atoms with Gasteiger partial charge in [-0.05, 0) is 55.7 Å². The van der Waals surface area contributed by atoms with Gasteiger partial charge in [-0.3, -0.25) is 4.79 Å². The third-order valence-corrected chi connectivity index (χ3v) is 6.79. The molecule has 1 amide bonds. The second-order valence-electron chi connectivity index (χ2n) is 7.19. The van der Waals surface area contributed by atoms with Crippen LogP contribution in [0.25, 0.3) is 0 Å². The largest absolute Gasteiger partial charge is 0.371 e. The molecule has 2 aromatic carbocycles. The molecule has 1 fully saturated rings. The Balaban J connectivity index is 2.02. The van der Waals surface area contributed by atoms with Crippen molar-refractivity contribution in [2.75, 3.05) is 37.4 Å². The third kappa shape index (κ3) is 4.61. The highest BCUT2D eigenvalue weighted by molar-refractivity contribution is 7.89. The minimum atomic E-state index is -3.66. The van der Waals surface area contributed by atoms with E-state index >= 15 is 0 Å². The quantitative estimate of drug-likeness (QED) is 0.768. The maximum Gasteiger partial charge on any atom is 0.257 e. The van der Waals surface area contributed by atoms with E-state index in [1.165, 1.54) is 20.2 Å². The van der Waals surface area contributed by atoms with Crippen LogP contribution in [0.5, 0.6) is 0 Å². The number of hydrogen-bond donors (Lipinski definition) is 1. The van der Waals surface area contributed by atoms with Crippen LogP contribution in [-0.4, -0.2) is 45.8 Å². The lowest BCUT2D eigenvalue weighted by Crippen LogP contribution is -2.32. The molecular weight excluding hydrogens is 386 g/mol. The number of nitrogens with one attached hydrogen (secondary N) is 1. The predicted molar refractivity (Wildman–Crippen MR) is 116 cm³/mol. The maximum atomic E-state index is 13.1. The first-order chi connectivity index (χ1) is 13.8. The van der Waals surface area contributed by atoms with Gasteiger partial charge in [0.15, 0.2) is 0 Å². The van der Waals surface area contributed by atoms with Crippen molar-refractivity contribution in [1.82, 2.24) is 4.31 Å². The Kier molecular flexibility index (Phi) is 6.26. The van der Waals surface area contributed by atoms with Crippen LogP contribution in [-0.2, 0) is 10.0 Å². The minimum absolute atomic E-state index is 0.0887. The molecule has 1 aliphatic heterocycles. The lowest BCUT2D eigenvalue weighted by molar-refractivity contribution is 0.102. The van der Waals surface area contributed by atoms with E-state index in [-0.39, 0.29) is 10.8 Å². The molecule has 1 saturated heterocycles. The fourth-order valence-electron chi connectivity index (χ4n) is 3.36. The van der Waals surface area contributed by atoms with Gasteiger partial charge in [0.1, 0.15) is 0 Å². The van der Waals surface area contributed by atoms with Crippen LogP contribution in [0.1, 0.15) is 35.2 Å². The molecule has 1 heterocycles. The Morgan fingerprint density at radius 2 is 1.83 bits per heavy atom. The number of carbonyl (C=O) groups excluding carboxylic acids is 1. The minimum Gasteiger partial charge on any atom is -0.371 e. The van der Waals surface area contributed by atoms with Gasteiger partial charge < -0.3 is 10.2 Å². The molecule has 29 heavy (non-hydrogen) atoms. The molecular formula is C22H25N3O3S. The Morgan fingerprint density at radius 3 is 2.48 bits per heavy atom. The molecule has 0 atom stereocenters. The van der Waals surface area contributed by atoms with Crippen molar-refractivity contribution in [2.45, 2.75) is 24.2 Å². The fraction of sp³-hybridized carbons (Fsp3) is 0.318. The second-order valence-corrected chi connectivity index (χ2v) is 9.35. The summed E-state index contributed by atoms with van der Waals surface area (Å²) in [6.07, 6.45) is 8.68. The van der Waals surface area contributed by atoms with Gasteiger partial charge in [0.2, 0.25) is 10.0 Å². The first-order valence-electron chi connectivity index (χ1n) is 9.52. The van der Waals surface area contributed by atoms with E-state index in [2.05, 4.69) is 16.1 Å². The lowest BCUT2D eigenvalue weighted by Gasteiger charge is -2.30. The van der Waals surface area contributed by atoms with E-state index in [0.717, 1.165) is 42.3 Å². The highest BCUT2D eigenvalue weighted by atomic mass is 32.2. The van der Waals surface area contributed by atoms with Gasteiger partial charge in [-0.25, -0.2) is 12.7 Å². The number of amides is 1. The summed E-state index contributed by atoms with van der Waals surface area (Å²) in [6.45, 7) is 1.68. The summed E-state index contributed by atoms with van der Waals surface area (Å²) in [5.74, 6) is 2.18. The molecule has 3 rings (SSSR count). The summed E-state index contributed by atoms with van der Waals surface area (Å²) in [4.78, 5) is 15.4. The summed E-state index contributed by atoms with van der Waals surface area (Å²) in [6, 6.07) is 11.8. The van der Waals surface area contributed by atoms with Crippen LogP contribution < -0.4 is 10.2 Å². The van der Waals surface area contributed by atoms with E-state index in [1.807, 2.05) is 0 Å². The molecule has 0 bridgehead atoms. The smallest absolute Gasteiger partial charge is 0.257 e. The summed E-state index contributed by atoms with van der Waals surface area (Å²) in [5, 5.41) is 2.85. The Bertz CT molecular complexity index is 1050. The van der Waals surface area contributed by atoms with Crippen molar-refractivity contribution in [3.8, 4) is 12.3 Å². The van der Waals surface area contributed by atoms with Crippen molar-refractivity contribution in [2.24, 2.45) is 0 Å². The summed E-state index contributed by atoms with van der Waals surface area (Å²) >= 11 is 0. The molecule has 0 saturated carbocycles. The second kappa shape index (κ2) is 8.68. The Hall–Kier alpha value is -2.82. The van der Waals surface area contributed by atoms with E-state index in [9.17, 15) is 13.2 Å². The summed E-state index contributed by atoms with van der Waals surface area (Å²) in [7, 11) is -0.713. The molecule has 1 N–H and O–H groups in total. The van der Waals surface area contributed by atoms with E-state index < -0.39 is 10.0 Å². The normalized spacial score (nSPS) is 14.5. The van der Waals surface area contributed by atoms with Crippen LogP contribution in [0.2, 0.25) is 0 Å². The number of nitrogens with zero attached hydrogens (tertiary/aromatic N) is 2. The van der Waals surface area contributed by atoms with Gasteiger partial charge in [-0.1, -0.05) is 12.0 Å². The van der Waals surface area contributed by atoms with Crippen molar-refractivity contribution in [3.63, 3.8) is 0 Å². The van der Waals surface area contributed by atoms with E-state index in [1.54, 1.807) is 36.4 Å². The zero-order valence-electron chi connectivity index (χ0n) is 16.7. The van der Waals surface area contributed by atoms with Crippen LogP contribution in [0.3, 0.4) is 0 Å². The average molecular weight is 412 g/mol. The molecule has 2 aromatic rings. The van der Waals surface area contributed by atoms with E-state index in [0.29, 0.717) is 16.8 Å². The number of rotatable bonds is 5. The highest BCUT2D eigenvalue weighted by Crippen LogP contribution is 2.28. The highest BCUT2D eigenvalue weighted by Gasteiger charge is 2.24. The van der Waals surface area contributed by atoms with Gasteiger partial charge in [0.05, 0.1) is 10.5 Å². The number of benzene rings is 2. The zero-order chi connectivity index (χ0) is 21.0. The van der Waals surface area contributed by atoms with Crippen LogP contribution in [0.4, 0.5) is 11.4 Å². The van der Waals surface area contributed by atoms with Crippen LogP contribution in [0, 0.1) is 12.3 Å². The van der Waals surface area contributed by atoms with Gasteiger partial charge in [0, 0.05) is 44.1 Å². The topological polar surface area (TPSA) is 69.7 Å². The molecule has 0 spiro atoms. The fourth-order valence-corrected chi connectivity index (χ4v) is 4.29. The zero-order valence-corrected chi connectivity index (χ0v) is 17.5. The number of anilines is 2. The number of sulfonamides is 1. The van der Waals surface area contributed by atoms with Crippen molar-refractivity contribution in [3.05, 3.63) is 53.6 Å². The van der Waals surface area contributed by atoms with Gasteiger partial charge in [-0.15, -0.1) is 6.42 Å². The third-order valence-electron chi connectivity index (χ3n) is 4.98. The predicted octanol–water partition coefficient (Wildman–Crippen LogP) is 3.16. The summed E-state index contributed by atoms with van der Waals surface area (Å²) < 4.78 is 26.3. The SMILES string of the molecule is C#Cc1cccc(NC(=O)c2cc(S(=O)(=O)N(C)C)ccc2N2CCCCC2)c1. The maximum absolute atomic E-state index is 13.1. The number of terminal acetylenes is 1. The summed E-state index contributed by atoms with van der Waals surface area (Å²) in [5.41, 5.74) is 2.30. The monoisotopic (exact) mass is 411 g/mol. The molecule has 6 nitrogen and oxygen atoms in total. The number of piperidine rings is 1. The lowest BCUT2D eigenvalue weighted by atomic mass is 10.1. The number of hydrogen-bond acceptors (Lipinski definition) is 4. The first kappa shape index (κ1) is 20.9. The molecule has 0 unspecified atom stereocenters. The molecule has 152 valence electrons. The molecule has 0 aliphatic carbocycles. The van der Waals surface area contributed by atoms with Crippen LogP contribution in [0.15, 0.2) is 47.4 Å². The molecule has 7 heteroatoms. The van der Waals surface area contributed by atoms with Gasteiger partial charge >= 0.3 is 0 Å². The van der Waals surface area contributed by atoms with Gasteiger partial charge in [-0.2, -0.15) is 0 Å². The molecule has 1 aliphatic rings. The average Bonchev–Trinajstić information content (AvgIpc) is 2.74. The van der Waals surface area contributed by atoms with Gasteiger partial charge in [0.25, 0.3) is 5.91 Å². The van der Waals surface area contributed by atoms with Crippen molar-refractivity contribution >= 4 is 27.3 Å². The molecule has 0 aromatic heterocycles.